The lowest BCUT2D eigenvalue weighted by Crippen LogP contribution is -3.00. The van der Waals surface area contributed by atoms with Gasteiger partial charge >= 0.3 is 0 Å². The van der Waals surface area contributed by atoms with Crippen molar-refractivity contribution >= 4 is 0 Å². The molecule has 0 amide bonds. The average Bonchev–Trinajstić information content (AvgIpc) is 2.89. The molecule has 3 heterocycles. The minimum atomic E-state index is 0. The van der Waals surface area contributed by atoms with Crippen molar-refractivity contribution < 1.29 is 22.5 Å². The van der Waals surface area contributed by atoms with Crippen LogP contribution in [0.4, 0.5) is 0 Å². The zero-order valence-corrected chi connectivity index (χ0v) is 22.0. The number of benzene rings is 3. The van der Waals surface area contributed by atoms with Crippen LogP contribution in [0.15, 0.2) is 78.9 Å². The molecule has 3 aliphatic rings. The molecule has 6 rings (SSSR count). The Morgan fingerprint density at radius 1 is 0.857 bits per heavy atom. The van der Waals surface area contributed by atoms with Crippen LogP contribution in [0.25, 0.3) is 0 Å². The number of fused-ring (bicyclic) bond motifs is 3. The fourth-order valence-electron chi connectivity index (χ4n) is 6.38. The van der Waals surface area contributed by atoms with Crippen LogP contribution in [-0.4, -0.2) is 37.2 Å². The van der Waals surface area contributed by atoms with Gasteiger partial charge in [0, 0.05) is 17.4 Å². The van der Waals surface area contributed by atoms with E-state index in [0.717, 1.165) is 18.2 Å². The Hall–Kier alpha value is -2.33. The summed E-state index contributed by atoms with van der Waals surface area (Å²) < 4.78 is 5.76. The standard InChI is InChI=1S/C31H38N2O.ClH/c1-22(2)26-14-15-28(34-3)27(20-26)21-32-30-25-16-18-33(19-17-25)31(30)29(23-10-6-4-7-11-23)24-12-8-5-9-13-24;/h4-15,20,22,25,29-32H,16-19,21H2,1-3H3;1H. The van der Waals surface area contributed by atoms with Crippen LogP contribution in [0.1, 0.15) is 60.8 Å². The van der Waals surface area contributed by atoms with Crippen molar-refractivity contribution in [2.75, 3.05) is 20.2 Å². The van der Waals surface area contributed by atoms with Crippen LogP contribution >= 0.6 is 0 Å². The quantitative estimate of drug-likeness (QED) is 0.524. The van der Waals surface area contributed by atoms with Crippen LogP contribution in [0.3, 0.4) is 0 Å². The Balaban J connectivity index is 0.00000289. The second-order valence-corrected chi connectivity index (χ2v) is 10.4. The first-order valence-corrected chi connectivity index (χ1v) is 13.0. The topological polar surface area (TPSA) is 29.1 Å². The highest BCUT2D eigenvalue weighted by molar-refractivity contribution is 5.38. The van der Waals surface area contributed by atoms with Gasteiger partial charge < -0.3 is 22.5 Å². The van der Waals surface area contributed by atoms with E-state index < -0.39 is 0 Å². The van der Waals surface area contributed by atoms with Gasteiger partial charge in [-0.3, -0.25) is 4.90 Å². The van der Waals surface area contributed by atoms with E-state index in [-0.39, 0.29) is 12.4 Å². The molecule has 2 bridgehead atoms. The number of rotatable bonds is 8. The molecule has 4 heteroatoms. The second-order valence-electron chi connectivity index (χ2n) is 10.4. The summed E-state index contributed by atoms with van der Waals surface area (Å²) in [6.07, 6.45) is 2.63. The van der Waals surface area contributed by atoms with Gasteiger partial charge in [0.2, 0.25) is 0 Å². The molecule has 0 saturated carbocycles. The Morgan fingerprint density at radius 2 is 1.46 bits per heavy atom. The van der Waals surface area contributed by atoms with E-state index in [1.54, 1.807) is 7.11 Å². The van der Waals surface area contributed by atoms with Crippen molar-refractivity contribution in [3.8, 4) is 5.75 Å². The van der Waals surface area contributed by atoms with Crippen molar-refractivity contribution in [3.05, 3.63) is 101 Å². The van der Waals surface area contributed by atoms with Crippen molar-refractivity contribution in [3.63, 3.8) is 0 Å². The van der Waals surface area contributed by atoms with Gasteiger partial charge in [-0.15, -0.1) is 0 Å². The molecule has 3 fully saturated rings. The fraction of sp³-hybridized carbons (Fsp3) is 0.419. The molecule has 2 atom stereocenters. The van der Waals surface area contributed by atoms with Crippen LogP contribution in [-0.2, 0) is 6.54 Å². The monoisotopic (exact) mass is 490 g/mol. The molecular weight excluding hydrogens is 452 g/mol. The van der Waals surface area contributed by atoms with Gasteiger partial charge in [-0.1, -0.05) is 80.6 Å². The van der Waals surface area contributed by atoms with Gasteiger partial charge in [0.15, 0.2) is 0 Å². The molecule has 3 aromatic rings. The van der Waals surface area contributed by atoms with E-state index in [4.69, 9.17) is 4.74 Å². The predicted octanol–water partition coefficient (Wildman–Crippen LogP) is 2.18. The van der Waals surface area contributed by atoms with Crippen molar-refractivity contribution in [1.29, 1.82) is 0 Å². The maximum Gasteiger partial charge on any atom is 0.127 e. The number of hydrogen-bond acceptors (Lipinski definition) is 2. The molecule has 0 spiro atoms. The molecular formula is C31H39ClN2O. The molecule has 2 unspecified atom stereocenters. The summed E-state index contributed by atoms with van der Waals surface area (Å²) in [5.41, 5.74) is 5.58. The Bertz CT molecular complexity index is 1020. The van der Waals surface area contributed by atoms with Gasteiger partial charge in [0.05, 0.1) is 13.2 Å². The molecule has 3 aromatic carbocycles. The van der Waals surface area contributed by atoms with Gasteiger partial charge in [-0.2, -0.15) is 0 Å². The van der Waals surface area contributed by atoms with E-state index in [1.807, 2.05) is 0 Å². The van der Waals surface area contributed by atoms with Gasteiger partial charge in [-0.05, 0) is 60.7 Å². The second kappa shape index (κ2) is 11.6. The Morgan fingerprint density at radius 3 is 2.00 bits per heavy atom. The van der Waals surface area contributed by atoms with E-state index in [9.17, 15) is 0 Å². The molecule has 35 heavy (non-hydrogen) atoms. The van der Waals surface area contributed by atoms with E-state index in [2.05, 4.69) is 103 Å². The third-order valence-corrected chi connectivity index (χ3v) is 8.17. The van der Waals surface area contributed by atoms with Crippen molar-refractivity contribution in [2.45, 2.75) is 57.2 Å². The number of quaternary nitrogens is 1. The lowest BCUT2D eigenvalue weighted by molar-refractivity contribution is -0.720. The van der Waals surface area contributed by atoms with Gasteiger partial charge in [0.25, 0.3) is 0 Å². The molecule has 0 aliphatic carbocycles. The summed E-state index contributed by atoms with van der Waals surface area (Å²) in [7, 11) is 1.80. The third kappa shape index (κ3) is 5.43. The summed E-state index contributed by atoms with van der Waals surface area (Å²) in [6, 6.07) is 30.2. The number of piperidine rings is 3. The zero-order chi connectivity index (χ0) is 23.5. The van der Waals surface area contributed by atoms with E-state index >= 15 is 0 Å². The molecule has 186 valence electrons. The first kappa shape index (κ1) is 25.8. The van der Waals surface area contributed by atoms with Crippen molar-refractivity contribution in [1.82, 2.24) is 4.90 Å². The van der Waals surface area contributed by atoms with E-state index in [0.29, 0.717) is 23.9 Å². The van der Waals surface area contributed by atoms with Crippen LogP contribution in [0, 0.1) is 5.92 Å². The molecule has 2 N–H and O–H groups in total. The summed E-state index contributed by atoms with van der Waals surface area (Å²) in [4.78, 5) is 2.79. The minimum Gasteiger partial charge on any atom is -1.00 e. The first-order valence-electron chi connectivity index (χ1n) is 13.0. The summed E-state index contributed by atoms with van der Waals surface area (Å²) in [5, 5.41) is 2.64. The van der Waals surface area contributed by atoms with E-state index in [1.165, 1.54) is 48.2 Å². The maximum atomic E-state index is 5.76. The summed E-state index contributed by atoms with van der Waals surface area (Å²) in [5.74, 6) is 2.69. The average molecular weight is 491 g/mol. The smallest absolute Gasteiger partial charge is 0.127 e. The lowest BCUT2D eigenvalue weighted by Gasteiger charge is -2.52. The first-order chi connectivity index (χ1) is 16.7. The van der Waals surface area contributed by atoms with Gasteiger partial charge in [-0.25, -0.2) is 0 Å². The molecule has 3 saturated heterocycles. The van der Waals surface area contributed by atoms with Gasteiger partial charge in [0.1, 0.15) is 18.3 Å². The molecule has 0 radical (unpaired) electrons. The molecule has 3 aliphatic heterocycles. The zero-order valence-electron chi connectivity index (χ0n) is 21.2. The summed E-state index contributed by atoms with van der Waals surface area (Å²) >= 11 is 0. The number of ether oxygens (including phenoxy) is 1. The van der Waals surface area contributed by atoms with Crippen molar-refractivity contribution in [2.24, 2.45) is 5.92 Å². The molecule has 3 nitrogen and oxygen atoms in total. The number of methoxy groups -OCH3 is 1. The van der Waals surface area contributed by atoms with Crippen LogP contribution in [0.2, 0.25) is 0 Å². The number of nitrogens with two attached hydrogens (primary N) is 1. The Kier molecular flexibility index (Phi) is 8.54. The maximum absolute atomic E-state index is 5.76. The number of hydrogen-bond donors (Lipinski definition) is 1. The molecule has 0 aromatic heterocycles. The fourth-order valence-corrected chi connectivity index (χ4v) is 6.38. The highest BCUT2D eigenvalue weighted by atomic mass is 35.5. The Labute approximate surface area is 217 Å². The minimum absolute atomic E-state index is 0. The number of nitrogens with zero attached hydrogens (tertiary/aromatic N) is 1. The highest BCUT2D eigenvalue weighted by Crippen LogP contribution is 2.41. The number of halogens is 1. The lowest BCUT2D eigenvalue weighted by atomic mass is 9.70. The predicted molar refractivity (Wildman–Crippen MR) is 139 cm³/mol. The van der Waals surface area contributed by atoms with Crippen LogP contribution in [0.5, 0.6) is 5.75 Å². The summed E-state index contributed by atoms with van der Waals surface area (Å²) in [6.45, 7) is 7.95. The normalized spacial score (nSPS) is 23.3. The van der Waals surface area contributed by atoms with Crippen LogP contribution < -0.4 is 22.5 Å². The SMILES string of the molecule is COc1ccc(C(C)C)cc1C[NH2+]C1C2CCN(CC2)C1C(c1ccccc1)c1ccccc1.[Cl-]. The largest absolute Gasteiger partial charge is 1.00 e. The highest BCUT2D eigenvalue weighted by Gasteiger charge is 2.48. The third-order valence-electron chi connectivity index (χ3n) is 8.17.